The Balaban J connectivity index is 1.98. The van der Waals surface area contributed by atoms with Crippen LogP contribution in [0, 0.1) is 0 Å². The van der Waals surface area contributed by atoms with Gasteiger partial charge in [0.05, 0.1) is 25.5 Å². The lowest BCUT2D eigenvalue weighted by molar-refractivity contribution is -0.143. The molecule has 0 bridgehead atoms. The van der Waals surface area contributed by atoms with Crippen LogP contribution in [0.2, 0.25) is 0 Å². The molecule has 0 aliphatic carbocycles. The van der Waals surface area contributed by atoms with Crippen LogP contribution in [0.5, 0.6) is 0 Å². The van der Waals surface area contributed by atoms with Crippen LogP contribution in [0.3, 0.4) is 0 Å². The number of carboxylic acid groups (broad SMARTS) is 1. The molecule has 8 nitrogen and oxygen atoms in total. The Morgan fingerprint density at radius 2 is 1.96 bits per heavy atom. The number of amides is 1. The smallest absolute Gasteiger partial charge is 0.411 e. The van der Waals surface area contributed by atoms with Gasteiger partial charge in [-0.15, -0.1) is 0 Å². The first kappa shape index (κ1) is 16.5. The van der Waals surface area contributed by atoms with Crippen molar-refractivity contribution in [2.75, 3.05) is 5.73 Å². The number of rotatable bonds is 1. The van der Waals surface area contributed by atoms with Gasteiger partial charge in [-0.3, -0.25) is 4.90 Å². The third-order valence-corrected chi connectivity index (χ3v) is 4.14. The monoisotopic (exact) mass is 335 g/mol. The van der Waals surface area contributed by atoms with E-state index >= 15 is 0 Å². The van der Waals surface area contributed by atoms with Crippen molar-refractivity contribution in [1.82, 2.24) is 9.88 Å². The average molecular weight is 335 g/mol. The molecule has 3 N–H and O–H groups in total. The van der Waals surface area contributed by atoms with Crippen molar-refractivity contribution < 1.29 is 24.2 Å². The summed E-state index contributed by atoms with van der Waals surface area (Å²) in [6.07, 6.45) is -0.499. The van der Waals surface area contributed by atoms with Crippen LogP contribution >= 0.6 is 0 Å². The fourth-order valence-electron chi connectivity index (χ4n) is 3.06. The number of hydrogen-bond donors (Lipinski definition) is 2. The number of carbonyl (C=O) groups is 2. The van der Waals surface area contributed by atoms with Gasteiger partial charge in [-0.25, -0.2) is 14.6 Å². The van der Waals surface area contributed by atoms with Crippen molar-refractivity contribution in [2.24, 2.45) is 0 Å². The second kappa shape index (κ2) is 5.62. The number of nitrogens with zero attached hydrogens (tertiary/aromatic N) is 2. The summed E-state index contributed by atoms with van der Waals surface area (Å²) in [7, 11) is 0. The van der Waals surface area contributed by atoms with Crippen molar-refractivity contribution in [3.05, 3.63) is 22.4 Å². The minimum absolute atomic E-state index is 0.0543. The minimum atomic E-state index is -1.07. The van der Waals surface area contributed by atoms with E-state index < -0.39 is 23.7 Å². The molecular formula is C16H21N3O5. The zero-order valence-corrected chi connectivity index (χ0v) is 14.0. The Kier molecular flexibility index (Phi) is 3.87. The van der Waals surface area contributed by atoms with Gasteiger partial charge >= 0.3 is 12.1 Å². The first-order chi connectivity index (χ1) is 11.2. The summed E-state index contributed by atoms with van der Waals surface area (Å²) in [5, 5.41) is 9.56. The molecule has 3 rings (SSSR count). The van der Waals surface area contributed by atoms with Crippen molar-refractivity contribution in [3.63, 3.8) is 0 Å². The predicted octanol–water partition coefficient (Wildman–Crippen LogP) is 1.44. The lowest BCUT2D eigenvalue weighted by Crippen LogP contribution is -2.50. The Hall–Kier alpha value is -2.35. The van der Waals surface area contributed by atoms with E-state index in [1.54, 1.807) is 20.8 Å². The zero-order valence-electron chi connectivity index (χ0n) is 14.0. The molecule has 8 heteroatoms. The van der Waals surface area contributed by atoms with Crippen LogP contribution in [0.1, 0.15) is 43.2 Å². The van der Waals surface area contributed by atoms with Gasteiger partial charge in [-0.1, -0.05) is 0 Å². The maximum atomic E-state index is 12.4. The minimum Gasteiger partial charge on any atom is -0.480 e. The van der Waals surface area contributed by atoms with E-state index in [-0.39, 0.29) is 13.0 Å². The molecule has 3 heterocycles. The van der Waals surface area contributed by atoms with Crippen molar-refractivity contribution in [1.29, 1.82) is 0 Å². The number of anilines is 1. The maximum absolute atomic E-state index is 12.4. The number of aromatic nitrogens is 1. The van der Waals surface area contributed by atoms with Gasteiger partial charge in [0.1, 0.15) is 17.5 Å². The molecule has 2 aliphatic rings. The molecular weight excluding hydrogens is 314 g/mol. The molecule has 130 valence electrons. The highest BCUT2D eigenvalue weighted by Gasteiger charge is 2.39. The molecule has 1 aromatic heterocycles. The Morgan fingerprint density at radius 1 is 1.29 bits per heavy atom. The lowest BCUT2D eigenvalue weighted by atomic mass is 9.92. The van der Waals surface area contributed by atoms with E-state index in [1.165, 1.54) is 4.90 Å². The third kappa shape index (κ3) is 2.89. The van der Waals surface area contributed by atoms with Gasteiger partial charge in [0.2, 0.25) is 0 Å². The van der Waals surface area contributed by atoms with Gasteiger partial charge in [-0.05, 0) is 31.9 Å². The SMILES string of the molecule is CC(C)(C)OC(=O)N1Cc2nc(N)c3c(c2C[C@@H]1C(=O)O)COC3. The van der Waals surface area contributed by atoms with E-state index in [0.717, 1.165) is 16.7 Å². The molecule has 1 amide bonds. The quantitative estimate of drug-likeness (QED) is 0.798. The number of hydrogen-bond acceptors (Lipinski definition) is 6. The molecule has 0 unspecified atom stereocenters. The summed E-state index contributed by atoms with van der Waals surface area (Å²) in [4.78, 5) is 29.7. The van der Waals surface area contributed by atoms with Crippen LogP contribution in [0.15, 0.2) is 0 Å². The standard InChI is InChI=1S/C16H21N3O5/c1-16(2,3)24-15(22)19-5-11-8(4-12(19)14(20)21)9-6-23-7-10(9)13(17)18-11/h12H,4-7H2,1-3H3,(H2,17,18)(H,20,21)/t12-/m1/s1. The van der Waals surface area contributed by atoms with E-state index in [2.05, 4.69) is 4.98 Å². The summed E-state index contributed by atoms with van der Waals surface area (Å²) >= 11 is 0. The number of carboxylic acids is 1. The number of nitrogens with two attached hydrogens (primary N) is 1. The molecule has 1 atom stereocenters. The predicted molar refractivity (Wildman–Crippen MR) is 84.0 cm³/mol. The van der Waals surface area contributed by atoms with Gasteiger partial charge in [0.25, 0.3) is 0 Å². The van der Waals surface area contributed by atoms with Gasteiger partial charge in [0, 0.05) is 12.0 Å². The molecule has 2 aliphatic heterocycles. The highest BCUT2D eigenvalue weighted by atomic mass is 16.6. The van der Waals surface area contributed by atoms with Crippen molar-refractivity contribution in [3.8, 4) is 0 Å². The van der Waals surface area contributed by atoms with Crippen molar-refractivity contribution in [2.45, 2.75) is 58.6 Å². The first-order valence-corrected chi connectivity index (χ1v) is 7.76. The molecule has 1 aromatic rings. The lowest BCUT2D eigenvalue weighted by Gasteiger charge is -2.35. The highest BCUT2D eigenvalue weighted by Crippen LogP contribution is 2.34. The van der Waals surface area contributed by atoms with Crippen LogP contribution < -0.4 is 5.73 Å². The number of pyridine rings is 1. The van der Waals surface area contributed by atoms with E-state index in [9.17, 15) is 14.7 Å². The summed E-state index contributed by atoms with van der Waals surface area (Å²) in [5.41, 5.74) is 8.43. The van der Waals surface area contributed by atoms with Crippen LogP contribution in [0.4, 0.5) is 10.6 Å². The van der Waals surface area contributed by atoms with E-state index in [1.807, 2.05) is 0 Å². The van der Waals surface area contributed by atoms with Gasteiger partial charge in [-0.2, -0.15) is 0 Å². The van der Waals surface area contributed by atoms with Gasteiger partial charge in [0.15, 0.2) is 0 Å². The summed E-state index contributed by atoms with van der Waals surface area (Å²) in [6, 6.07) is -0.998. The van der Waals surface area contributed by atoms with Crippen LogP contribution in [0.25, 0.3) is 0 Å². The molecule has 0 fully saturated rings. The second-order valence-corrected chi connectivity index (χ2v) is 7.04. The third-order valence-electron chi connectivity index (χ3n) is 4.14. The normalized spacial score (nSPS) is 19.6. The fraction of sp³-hybridized carbons (Fsp3) is 0.562. The molecule has 0 spiro atoms. The first-order valence-electron chi connectivity index (χ1n) is 7.76. The number of nitrogen functional groups attached to an aromatic ring is 1. The Morgan fingerprint density at radius 3 is 2.58 bits per heavy atom. The van der Waals surface area contributed by atoms with Crippen LogP contribution in [-0.2, 0) is 40.4 Å². The number of ether oxygens (including phenoxy) is 2. The Labute approximate surface area is 139 Å². The second-order valence-electron chi connectivity index (χ2n) is 7.04. The summed E-state index contributed by atoms with van der Waals surface area (Å²) in [6.45, 7) is 6.04. The fourth-order valence-corrected chi connectivity index (χ4v) is 3.06. The molecule has 24 heavy (non-hydrogen) atoms. The average Bonchev–Trinajstić information content (AvgIpc) is 2.94. The molecule has 0 saturated heterocycles. The van der Waals surface area contributed by atoms with E-state index in [0.29, 0.717) is 24.7 Å². The maximum Gasteiger partial charge on any atom is 0.411 e. The topological polar surface area (TPSA) is 115 Å². The molecule has 0 radical (unpaired) electrons. The highest BCUT2D eigenvalue weighted by molar-refractivity contribution is 5.81. The largest absolute Gasteiger partial charge is 0.480 e. The number of fused-ring (bicyclic) bond motifs is 3. The van der Waals surface area contributed by atoms with Crippen molar-refractivity contribution >= 4 is 17.9 Å². The summed E-state index contributed by atoms with van der Waals surface area (Å²) in [5.74, 6) is -0.699. The van der Waals surface area contributed by atoms with Crippen LogP contribution in [-0.4, -0.2) is 38.7 Å². The zero-order chi connectivity index (χ0) is 17.6. The van der Waals surface area contributed by atoms with E-state index in [4.69, 9.17) is 15.2 Å². The number of carbonyl (C=O) groups excluding carboxylic acids is 1. The Bertz CT molecular complexity index is 711. The number of aliphatic carboxylic acids is 1. The molecule has 0 aromatic carbocycles. The summed E-state index contributed by atoms with van der Waals surface area (Å²) < 4.78 is 10.8. The molecule has 0 saturated carbocycles. The van der Waals surface area contributed by atoms with Gasteiger partial charge < -0.3 is 20.3 Å².